The van der Waals surface area contributed by atoms with Crippen molar-refractivity contribution in [2.75, 3.05) is 39.9 Å². The highest BCUT2D eigenvalue weighted by atomic mass is 35.5. The number of methoxy groups -OCH3 is 3. The van der Waals surface area contributed by atoms with E-state index in [1.54, 1.807) is 54.0 Å². The zero-order valence-corrected chi connectivity index (χ0v) is 22.2. The third kappa shape index (κ3) is 4.70. The molecule has 0 saturated carbocycles. The molecule has 0 saturated heterocycles. The minimum Gasteiger partial charge on any atom is -0.495 e. The number of thioether (sulfide) groups is 1. The Hall–Kier alpha value is -3.36. The number of nitrogens with zero attached hydrogens (tertiary/aromatic N) is 1. The molecular weight excluding hydrogens is 500 g/mol. The number of carbonyl (C=O) groups is 2. The third-order valence-electron chi connectivity index (χ3n) is 6.33. The van der Waals surface area contributed by atoms with Gasteiger partial charge in [0.2, 0.25) is 5.91 Å². The van der Waals surface area contributed by atoms with Crippen molar-refractivity contribution in [2.45, 2.75) is 16.9 Å². The normalized spacial score (nSPS) is 16.8. The van der Waals surface area contributed by atoms with Crippen LogP contribution in [0.15, 0.2) is 59.5 Å². The maximum Gasteiger partial charge on any atom is 0.254 e. The Morgan fingerprint density at radius 3 is 2.19 bits per heavy atom. The van der Waals surface area contributed by atoms with Gasteiger partial charge in [-0.3, -0.25) is 9.59 Å². The number of ether oxygens (including phenoxy) is 3. The molecule has 1 aliphatic heterocycles. The van der Waals surface area contributed by atoms with E-state index < -0.39 is 12.0 Å². The number of benzene rings is 3. The molecule has 0 fully saturated rings. The van der Waals surface area contributed by atoms with E-state index in [9.17, 15) is 9.59 Å². The smallest absolute Gasteiger partial charge is 0.254 e. The molecule has 4 rings (SSSR count). The molecule has 0 radical (unpaired) electrons. The minimum absolute atomic E-state index is 0.214. The molecule has 0 unspecified atom stereocenters. The number of rotatable bonds is 7. The van der Waals surface area contributed by atoms with E-state index in [2.05, 4.69) is 5.32 Å². The van der Waals surface area contributed by atoms with E-state index in [-0.39, 0.29) is 11.8 Å². The topological polar surface area (TPSA) is 77.1 Å². The van der Waals surface area contributed by atoms with Crippen molar-refractivity contribution in [3.63, 3.8) is 0 Å². The first-order valence-corrected chi connectivity index (χ1v) is 12.7. The molecule has 3 aromatic rings. The zero-order chi connectivity index (χ0) is 26.0. The standard InChI is InChI=1S/C27H27ClN2O5S/c1-30-25(15-6-9-17(36-5)10-7-15)24(26(31)29-20-12-16(28)8-11-21(20)33-2)18-13-22(34-3)23(35-4)14-19(18)27(30)32/h6-14,24-25H,1-5H3,(H,29,31)/t24-,25+/m1/s1. The predicted molar refractivity (Wildman–Crippen MR) is 142 cm³/mol. The number of amides is 2. The van der Waals surface area contributed by atoms with E-state index >= 15 is 0 Å². The number of nitrogens with one attached hydrogen (secondary N) is 1. The first-order chi connectivity index (χ1) is 17.3. The quantitative estimate of drug-likeness (QED) is 0.402. The van der Waals surface area contributed by atoms with Crippen LogP contribution in [0.2, 0.25) is 5.02 Å². The molecule has 0 aromatic heterocycles. The molecule has 1 N–H and O–H groups in total. The first-order valence-electron chi connectivity index (χ1n) is 11.1. The Balaban J connectivity index is 1.89. The third-order valence-corrected chi connectivity index (χ3v) is 7.31. The highest BCUT2D eigenvalue weighted by Crippen LogP contribution is 2.46. The van der Waals surface area contributed by atoms with Crippen LogP contribution in [-0.2, 0) is 4.79 Å². The second-order valence-electron chi connectivity index (χ2n) is 8.24. The molecule has 0 spiro atoms. The number of halogens is 1. The first kappa shape index (κ1) is 25.7. The Kier molecular flexibility index (Phi) is 7.66. The molecule has 36 heavy (non-hydrogen) atoms. The van der Waals surface area contributed by atoms with Gasteiger partial charge in [0.15, 0.2) is 11.5 Å². The maximum absolute atomic E-state index is 14.0. The van der Waals surface area contributed by atoms with E-state index in [0.29, 0.717) is 39.1 Å². The van der Waals surface area contributed by atoms with Crippen molar-refractivity contribution < 1.29 is 23.8 Å². The van der Waals surface area contributed by atoms with E-state index in [1.165, 1.54) is 21.3 Å². The van der Waals surface area contributed by atoms with Gasteiger partial charge in [0, 0.05) is 22.5 Å². The average Bonchev–Trinajstić information content (AvgIpc) is 2.90. The van der Waals surface area contributed by atoms with Crippen molar-refractivity contribution >= 4 is 40.9 Å². The van der Waals surface area contributed by atoms with Crippen LogP contribution in [0.4, 0.5) is 5.69 Å². The molecule has 1 heterocycles. The summed E-state index contributed by atoms with van der Waals surface area (Å²) in [5.74, 6) is 0.0315. The number of fused-ring (bicyclic) bond motifs is 1. The lowest BCUT2D eigenvalue weighted by Crippen LogP contribution is -2.44. The van der Waals surface area contributed by atoms with Crippen LogP contribution in [0.25, 0.3) is 0 Å². The summed E-state index contributed by atoms with van der Waals surface area (Å²) in [5.41, 5.74) is 2.20. The van der Waals surface area contributed by atoms with Crippen molar-refractivity contribution in [2.24, 2.45) is 0 Å². The van der Waals surface area contributed by atoms with Gasteiger partial charge in [-0.25, -0.2) is 0 Å². The van der Waals surface area contributed by atoms with Crippen molar-refractivity contribution in [1.29, 1.82) is 0 Å². The van der Waals surface area contributed by atoms with Gasteiger partial charge in [0.05, 0.1) is 39.0 Å². The fourth-order valence-electron chi connectivity index (χ4n) is 4.54. The van der Waals surface area contributed by atoms with Crippen LogP contribution < -0.4 is 19.5 Å². The van der Waals surface area contributed by atoms with Gasteiger partial charge in [-0.15, -0.1) is 11.8 Å². The lowest BCUT2D eigenvalue weighted by Gasteiger charge is -2.40. The molecule has 7 nitrogen and oxygen atoms in total. The molecular formula is C27H27ClN2O5S. The number of carbonyl (C=O) groups excluding carboxylic acids is 2. The summed E-state index contributed by atoms with van der Waals surface area (Å²) in [5, 5.41) is 3.43. The summed E-state index contributed by atoms with van der Waals surface area (Å²) in [6, 6.07) is 15.6. The monoisotopic (exact) mass is 526 g/mol. The summed E-state index contributed by atoms with van der Waals surface area (Å²) in [6.45, 7) is 0. The minimum atomic E-state index is -0.758. The predicted octanol–water partition coefficient (Wildman–Crippen LogP) is 5.64. The SMILES string of the molecule is COc1ccc(Cl)cc1NC(=O)[C@@H]1c2cc(OC)c(OC)cc2C(=O)N(C)[C@H]1c1ccc(SC)cc1. The highest BCUT2D eigenvalue weighted by molar-refractivity contribution is 7.98. The van der Waals surface area contributed by atoms with Gasteiger partial charge < -0.3 is 24.4 Å². The number of hydrogen-bond donors (Lipinski definition) is 1. The fourth-order valence-corrected chi connectivity index (χ4v) is 5.12. The largest absolute Gasteiger partial charge is 0.495 e. The van der Waals surface area contributed by atoms with Gasteiger partial charge in [0.25, 0.3) is 5.91 Å². The molecule has 9 heteroatoms. The van der Waals surface area contributed by atoms with Crippen LogP contribution in [-0.4, -0.2) is 51.3 Å². The van der Waals surface area contributed by atoms with Crippen LogP contribution in [0.3, 0.4) is 0 Å². The second kappa shape index (κ2) is 10.7. The average molecular weight is 527 g/mol. The summed E-state index contributed by atoms with van der Waals surface area (Å²) in [4.78, 5) is 30.2. The number of likely N-dealkylation sites (N-methyl/N-ethyl adjacent to an activating group) is 1. The summed E-state index contributed by atoms with van der Waals surface area (Å²) in [7, 11) is 6.25. The molecule has 2 atom stereocenters. The Bertz CT molecular complexity index is 1300. The summed E-state index contributed by atoms with van der Waals surface area (Å²) in [6.07, 6.45) is 2.00. The maximum atomic E-state index is 14.0. The Morgan fingerprint density at radius 1 is 0.944 bits per heavy atom. The van der Waals surface area contributed by atoms with E-state index in [4.69, 9.17) is 25.8 Å². The number of anilines is 1. The van der Waals surface area contributed by atoms with Crippen molar-refractivity contribution in [3.05, 3.63) is 76.3 Å². The van der Waals surface area contributed by atoms with E-state index in [1.807, 2.05) is 30.5 Å². The highest BCUT2D eigenvalue weighted by Gasteiger charge is 2.43. The lowest BCUT2D eigenvalue weighted by molar-refractivity contribution is -0.119. The number of hydrogen-bond acceptors (Lipinski definition) is 6. The molecule has 188 valence electrons. The van der Waals surface area contributed by atoms with Crippen LogP contribution in [0.1, 0.15) is 33.4 Å². The fraction of sp³-hybridized carbons (Fsp3) is 0.259. The Labute approximate surface area is 219 Å². The van der Waals surface area contributed by atoms with Crippen LogP contribution in [0, 0.1) is 0 Å². The van der Waals surface area contributed by atoms with Gasteiger partial charge >= 0.3 is 0 Å². The van der Waals surface area contributed by atoms with Gasteiger partial charge in [-0.1, -0.05) is 23.7 Å². The Morgan fingerprint density at radius 2 is 1.58 bits per heavy atom. The molecule has 1 aliphatic rings. The molecule has 3 aromatic carbocycles. The lowest BCUT2D eigenvalue weighted by atomic mass is 9.79. The molecule has 0 bridgehead atoms. The van der Waals surface area contributed by atoms with E-state index in [0.717, 1.165) is 10.5 Å². The van der Waals surface area contributed by atoms with Crippen LogP contribution in [0.5, 0.6) is 17.2 Å². The van der Waals surface area contributed by atoms with Crippen LogP contribution >= 0.6 is 23.4 Å². The zero-order valence-electron chi connectivity index (χ0n) is 20.6. The molecule has 0 aliphatic carbocycles. The van der Waals surface area contributed by atoms with Gasteiger partial charge in [-0.2, -0.15) is 0 Å². The molecule has 2 amide bonds. The summed E-state index contributed by atoms with van der Waals surface area (Å²) >= 11 is 7.82. The van der Waals surface area contributed by atoms with Gasteiger partial charge in [0.1, 0.15) is 5.75 Å². The van der Waals surface area contributed by atoms with Crippen molar-refractivity contribution in [1.82, 2.24) is 4.90 Å². The van der Waals surface area contributed by atoms with Crippen molar-refractivity contribution in [3.8, 4) is 17.2 Å². The second-order valence-corrected chi connectivity index (χ2v) is 9.56. The van der Waals surface area contributed by atoms with Gasteiger partial charge in [-0.05, 0) is 59.8 Å². The summed E-state index contributed by atoms with van der Waals surface area (Å²) < 4.78 is 16.4.